The lowest BCUT2D eigenvalue weighted by Gasteiger charge is -2.36. The standard InChI is InChI=1S/C18H23N3O2/c22-17-8-7-16(18(23)19-17)13-1-3-14(4-2-13)20-9-11-21(12-10-20)15-5-6-15/h1-4,15-16H,5-12H2,(H,19,22,23). The molecule has 2 amide bonds. The van der Waals surface area contributed by atoms with Gasteiger partial charge in [-0.1, -0.05) is 12.1 Å². The second-order valence-electron chi connectivity index (χ2n) is 6.85. The maximum absolute atomic E-state index is 11.9. The molecule has 0 aromatic heterocycles. The van der Waals surface area contributed by atoms with Gasteiger partial charge in [-0.15, -0.1) is 0 Å². The summed E-state index contributed by atoms with van der Waals surface area (Å²) in [6, 6.07) is 9.18. The zero-order valence-electron chi connectivity index (χ0n) is 13.3. The largest absolute Gasteiger partial charge is 0.369 e. The monoisotopic (exact) mass is 313 g/mol. The number of carbonyl (C=O) groups is 2. The molecule has 5 heteroatoms. The van der Waals surface area contributed by atoms with E-state index in [-0.39, 0.29) is 17.7 Å². The first-order valence-corrected chi connectivity index (χ1v) is 8.63. The van der Waals surface area contributed by atoms with Crippen LogP contribution < -0.4 is 10.2 Å². The molecule has 2 aliphatic heterocycles. The molecule has 3 fully saturated rings. The number of hydrogen-bond acceptors (Lipinski definition) is 4. The maximum atomic E-state index is 11.9. The van der Waals surface area contributed by atoms with E-state index in [4.69, 9.17) is 0 Å². The number of anilines is 1. The Morgan fingerprint density at radius 3 is 2.22 bits per heavy atom. The maximum Gasteiger partial charge on any atom is 0.234 e. The SMILES string of the molecule is O=C1CCC(c2ccc(N3CCN(C4CC4)CC3)cc2)C(=O)N1. The van der Waals surface area contributed by atoms with Crippen LogP contribution in [0.25, 0.3) is 0 Å². The second-order valence-corrected chi connectivity index (χ2v) is 6.85. The summed E-state index contributed by atoms with van der Waals surface area (Å²) in [6.45, 7) is 4.46. The smallest absolute Gasteiger partial charge is 0.234 e. The molecule has 0 radical (unpaired) electrons. The summed E-state index contributed by atoms with van der Waals surface area (Å²) in [4.78, 5) is 28.2. The van der Waals surface area contributed by atoms with Gasteiger partial charge in [-0.05, 0) is 37.0 Å². The van der Waals surface area contributed by atoms with Crippen molar-refractivity contribution in [1.82, 2.24) is 10.2 Å². The highest BCUT2D eigenvalue weighted by Crippen LogP contribution is 2.30. The molecule has 1 saturated carbocycles. The minimum Gasteiger partial charge on any atom is -0.369 e. The van der Waals surface area contributed by atoms with Crippen molar-refractivity contribution in [2.24, 2.45) is 0 Å². The molecule has 0 bridgehead atoms. The molecular weight excluding hydrogens is 290 g/mol. The fraction of sp³-hybridized carbons (Fsp3) is 0.556. The molecular formula is C18H23N3O2. The summed E-state index contributed by atoms with van der Waals surface area (Å²) in [5.41, 5.74) is 2.24. The van der Waals surface area contributed by atoms with E-state index in [0.717, 1.165) is 37.8 Å². The fourth-order valence-corrected chi connectivity index (χ4v) is 3.71. The van der Waals surface area contributed by atoms with Gasteiger partial charge in [0.25, 0.3) is 0 Å². The number of carbonyl (C=O) groups excluding carboxylic acids is 2. The molecule has 1 aromatic carbocycles. The number of imide groups is 1. The zero-order chi connectivity index (χ0) is 15.8. The average molecular weight is 313 g/mol. The predicted octanol–water partition coefficient (Wildman–Crippen LogP) is 1.49. The third-order valence-electron chi connectivity index (χ3n) is 5.28. The van der Waals surface area contributed by atoms with Crippen LogP contribution >= 0.6 is 0 Å². The van der Waals surface area contributed by atoms with E-state index in [1.165, 1.54) is 18.5 Å². The molecule has 23 heavy (non-hydrogen) atoms. The van der Waals surface area contributed by atoms with Crippen LogP contribution in [0.5, 0.6) is 0 Å². The Morgan fingerprint density at radius 2 is 1.61 bits per heavy atom. The van der Waals surface area contributed by atoms with Gasteiger partial charge >= 0.3 is 0 Å². The molecule has 5 nitrogen and oxygen atoms in total. The summed E-state index contributed by atoms with van der Waals surface area (Å²) >= 11 is 0. The molecule has 2 saturated heterocycles. The zero-order valence-corrected chi connectivity index (χ0v) is 13.3. The Labute approximate surface area is 136 Å². The molecule has 1 N–H and O–H groups in total. The summed E-state index contributed by atoms with van der Waals surface area (Å²) in [7, 11) is 0. The molecule has 0 spiro atoms. The molecule has 1 aromatic rings. The lowest BCUT2D eigenvalue weighted by atomic mass is 9.90. The number of benzene rings is 1. The first-order chi connectivity index (χ1) is 11.2. The summed E-state index contributed by atoms with van der Waals surface area (Å²) < 4.78 is 0. The van der Waals surface area contributed by atoms with Crippen molar-refractivity contribution in [3.05, 3.63) is 29.8 Å². The molecule has 1 aliphatic carbocycles. The van der Waals surface area contributed by atoms with Gasteiger partial charge in [0.1, 0.15) is 0 Å². The van der Waals surface area contributed by atoms with Crippen molar-refractivity contribution in [1.29, 1.82) is 0 Å². The highest BCUT2D eigenvalue weighted by Gasteiger charge is 2.31. The molecule has 3 aliphatic rings. The van der Waals surface area contributed by atoms with Gasteiger partial charge in [-0.3, -0.25) is 19.8 Å². The van der Waals surface area contributed by atoms with E-state index in [9.17, 15) is 9.59 Å². The molecule has 1 atom stereocenters. The quantitative estimate of drug-likeness (QED) is 0.859. The fourth-order valence-electron chi connectivity index (χ4n) is 3.71. The highest BCUT2D eigenvalue weighted by atomic mass is 16.2. The molecule has 1 unspecified atom stereocenters. The van der Waals surface area contributed by atoms with Gasteiger partial charge in [0.2, 0.25) is 11.8 Å². The number of nitrogens with zero attached hydrogens (tertiary/aromatic N) is 2. The number of rotatable bonds is 3. The van der Waals surface area contributed by atoms with Gasteiger partial charge in [-0.2, -0.15) is 0 Å². The van der Waals surface area contributed by atoms with Crippen molar-refractivity contribution in [2.45, 2.75) is 37.6 Å². The van der Waals surface area contributed by atoms with Crippen molar-refractivity contribution in [2.75, 3.05) is 31.1 Å². The lowest BCUT2D eigenvalue weighted by Crippen LogP contribution is -2.47. The molecule has 2 heterocycles. The number of piperazine rings is 1. The van der Waals surface area contributed by atoms with Gasteiger partial charge < -0.3 is 4.90 Å². The van der Waals surface area contributed by atoms with Crippen LogP contribution in [-0.4, -0.2) is 48.9 Å². The topological polar surface area (TPSA) is 52.7 Å². The first kappa shape index (κ1) is 14.7. The van der Waals surface area contributed by atoms with E-state index in [0.29, 0.717) is 12.8 Å². The Hall–Kier alpha value is -1.88. The van der Waals surface area contributed by atoms with E-state index in [1.807, 2.05) is 12.1 Å². The average Bonchev–Trinajstić information content (AvgIpc) is 3.40. The van der Waals surface area contributed by atoms with Gasteiger partial charge in [0.05, 0.1) is 5.92 Å². The van der Waals surface area contributed by atoms with Crippen LogP contribution in [0.15, 0.2) is 24.3 Å². The number of hydrogen-bond donors (Lipinski definition) is 1. The van der Waals surface area contributed by atoms with Crippen LogP contribution in [0.2, 0.25) is 0 Å². The van der Waals surface area contributed by atoms with Crippen molar-refractivity contribution >= 4 is 17.5 Å². The Bertz CT molecular complexity index is 601. The van der Waals surface area contributed by atoms with Crippen LogP contribution in [0, 0.1) is 0 Å². The number of piperidine rings is 1. The lowest BCUT2D eigenvalue weighted by molar-refractivity contribution is -0.134. The highest BCUT2D eigenvalue weighted by molar-refractivity contribution is 6.00. The van der Waals surface area contributed by atoms with Crippen LogP contribution in [0.4, 0.5) is 5.69 Å². The molecule has 4 rings (SSSR count). The Balaban J connectivity index is 1.40. The summed E-state index contributed by atoms with van der Waals surface area (Å²) in [6.07, 6.45) is 3.80. The van der Waals surface area contributed by atoms with E-state index in [2.05, 4.69) is 27.2 Å². The number of amides is 2. The normalized spacial score (nSPS) is 26.3. The third kappa shape index (κ3) is 3.11. The minimum atomic E-state index is -0.187. The summed E-state index contributed by atoms with van der Waals surface area (Å²) in [5.74, 6) is -0.503. The van der Waals surface area contributed by atoms with E-state index < -0.39 is 0 Å². The Kier molecular flexibility index (Phi) is 3.81. The third-order valence-corrected chi connectivity index (χ3v) is 5.28. The van der Waals surface area contributed by atoms with Crippen LogP contribution in [0.1, 0.15) is 37.2 Å². The Morgan fingerprint density at radius 1 is 0.913 bits per heavy atom. The van der Waals surface area contributed by atoms with Crippen LogP contribution in [0.3, 0.4) is 0 Å². The van der Waals surface area contributed by atoms with Crippen molar-refractivity contribution in [3.8, 4) is 0 Å². The van der Waals surface area contributed by atoms with Crippen molar-refractivity contribution < 1.29 is 9.59 Å². The predicted molar refractivity (Wildman–Crippen MR) is 88.4 cm³/mol. The van der Waals surface area contributed by atoms with Crippen LogP contribution in [-0.2, 0) is 9.59 Å². The molecule has 122 valence electrons. The van der Waals surface area contributed by atoms with E-state index in [1.54, 1.807) is 0 Å². The summed E-state index contributed by atoms with van der Waals surface area (Å²) in [5, 5.41) is 2.43. The van der Waals surface area contributed by atoms with E-state index >= 15 is 0 Å². The first-order valence-electron chi connectivity index (χ1n) is 8.63. The number of nitrogens with one attached hydrogen (secondary N) is 1. The minimum absolute atomic E-state index is 0.156. The van der Waals surface area contributed by atoms with Crippen molar-refractivity contribution in [3.63, 3.8) is 0 Å². The van der Waals surface area contributed by atoms with Gasteiger partial charge in [-0.25, -0.2) is 0 Å². The van der Waals surface area contributed by atoms with Gasteiger partial charge in [0.15, 0.2) is 0 Å². The second kappa shape index (κ2) is 5.96. The van der Waals surface area contributed by atoms with Gasteiger partial charge in [0, 0.05) is 44.3 Å².